The van der Waals surface area contributed by atoms with Gasteiger partial charge >= 0.3 is 6.18 Å². The maximum atomic E-state index is 12.8. The Labute approximate surface area is 142 Å². The molecule has 6 heteroatoms. The summed E-state index contributed by atoms with van der Waals surface area (Å²) in [5, 5.41) is 4.69. The summed E-state index contributed by atoms with van der Waals surface area (Å²) in [5.74, 6) is -0.209. The van der Waals surface area contributed by atoms with Crippen LogP contribution in [0.3, 0.4) is 0 Å². The highest BCUT2D eigenvalue weighted by atomic mass is 32.1. The van der Waals surface area contributed by atoms with Gasteiger partial charge in [0.05, 0.1) is 17.2 Å². The van der Waals surface area contributed by atoms with Crippen LogP contribution < -0.4 is 5.32 Å². The maximum Gasteiger partial charge on any atom is 0.416 e. The molecule has 1 aliphatic carbocycles. The molecule has 1 N–H and O–H groups in total. The molecule has 1 amide bonds. The van der Waals surface area contributed by atoms with Crippen LogP contribution in [0.1, 0.15) is 57.7 Å². The van der Waals surface area contributed by atoms with Gasteiger partial charge in [-0.1, -0.05) is 12.1 Å². The average molecular weight is 353 g/mol. The summed E-state index contributed by atoms with van der Waals surface area (Å²) in [7, 11) is 0. The summed E-state index contributed by atoms with van der Waals surface area (Å²) < 4.78 is 38.5. The van der Waals surface area contributed by atoms with Gasteiger partial charge in [0.25, 0.3) is 5.91 Å². The molecule has 0 radical (unpaired) electrons. The zero-order chi connectivity index (χ0) is 17.3. The maximum absolute atomic E-state index is 12.8. The molecule has 128 valence electrons. The van der Waals surface area contributed by atoms with E-state index in [0.29, 0.717) is 11.1 Å². The van der Waals surface area contributed by atoms with Crippen LogP contribution in [0.15, 0.2) is 29.6 Å². The van der Waals surface area contributed by atoms with Gasteiger partial charge in [-0.15, -0.1) is 11.3 Å². The smallest absolute Gasteiger partial charge is 0.345 e. The molecule has 0 bridgehead atoms. The molecule has 1 aromatic heterocycles. The van der Waals surface area contributed by atoms with Crippen LogP contribution in [0.4, 0.5) is 13.2 Å². The molecule has 1 atom stereocenters. The Morgan fingerprint density at radius 1 is 1.25 bits per heavy atom. The van der Waals surface area contributed by atoms with Gasteiger partial charge in [0.1, 0.15) is 0 Å². The number of carbonyl (C=O) groups is 1. The van der Waals surface area contributed by atoms with E-state index in [9.17, 15) is 18.0 Å². The monoisotopic (exact) mass is 353 g/mol. The van der Waals surface area contributed by atoms with E-state index in [0.717, 1.165) is 43.4 Å². The highest BCUT2D eigenvalue weighted by Crippen LogP contribution is 2.32. The quantitative estimate of drug-likeness (QED) is 0.814. The molecule has 1 aromatic carbocycles. The van der Waals surface area contributed by atoms with E-state index in [4.69, 9.17) is 0 Å². The van der Waals surface area contributed by atoms with Gasteiger partial charge in [0.15, 0.2) is 0 Å². The number of fused-ring (bicyclic) bond motifs is 1. The second-order valence-electron chi connectivity index (χ2n) is 6.08. The van der Waals surface area contributed by atoms with E-state index in [1.807, 2.05) is 5.38 Å². The van der Waals surface area contributed by atoms with Crippen molar-refractivity contribution in [3.63, 3.8) is 0 Å². The molecule has 3 rings (SSSR count). The number of alkyl halides is 3. The molecule has 24 heavy (non-hydrogen) atoms. The van der Waals surface area contributed by atoms with Gasteiger partial charge in [-0.25, -0.2) is 0 Å². The first kappa shape index (κ1) is 17.0. The van der Waals surface area contributed by atoms with Crippen molar-refractivity contribution in [2.45, 2.75) is 44.8 Å². The predicted molar refractivity (Wildman–Crippen MR) is 88.3 cm³/mol. The Morgan fingerprint density at radius 3 is 2.75 bits per heavy atom. The molecule has 0 saturated carbocycles. The third-order valence-corrected chi connectivity index (χ3v) is 5.46. The molecule has 0 aliphatic heterocycles. The number of hydrogen-bond acceptors (Lipinski definition) is 2. The summed E-state index contributed by atoms with van der Waals surface area (Å²) in [6.45, 7) is 1.70. The van der Waals surface area contributed by atoms with Crippen molar-refractivity contribution in [1.29, 1.82) is 0 Å². The Morgan fingerprint density at radius 2 is 2.00 bits per heavy atom. The van der Waals surface area contributed by atoms with Crippen LogP contribution in [-0.4, -0.2) is 5.91 Å². The first-order valence-corrected chi connectivity index (χ1v) is 8.81. The van der Waals surface area contributed by atoms with E-state index in [-0.39, 0.29) is 5.91 Å². The summed E-state index contributed by atoms with van der Waals surface area (Å²) in [6, 6.07) is 4.61. The van der Waals surface area contributed by atoms with Crippen LogP contribution in [0.25, 0.3) is 0 Å². The number of nitrogens with one attached hydrogen (secondary N) is 1. The standard InChI is InChI=1S/C18H18F3NOS/c1-11(12-5-4-6-13(9-12)18(19,20)21)22-17(23)15-10-24-16-8-3-2-7-14(15)16/h4-6,9-11H,2-3,7-8H2,1H3,(H,22,23). The van der Waals surface area contributed by atoms with E-state index in [1.54, 1.807) is 24.3 Å². The summed E-state index contributed by atoms with van der Waals surface area (Å²) in [5.41, 5.74) is 1.53. The van der Waals surface area contributed by atoms with Gasteiger partial charge in [0, 0.05) is 10.3 Å². The van der Waals surface area contributed by atoms with Gasteiger partial charge in [0.2, 0.25) is 0 Å². The lowest BCUT2D eigenvalue weighted by Crippen LogP contribution is -2.27. The predicted octanol–water partition coefficient (Wildman–Crippen LogP) is 5.14. The Balaban J connectivity index is 1.76. The number of thiophene rings is 1. The summed E-state index contributed by atoms with van der Waals surface area (Å²) in [4.78, 5) is 13.8. The van der Waals surface area contributed by atoms with E-state index < -0.39 is 17.8 Å². The van der Waals surface area contributed by atoms with Gasteiger partial charge in [-0.3, -0.25) is 4.79 Å². The SMILES string of the molecule is CC(NC(=O)c1csc2c1CCCC2)c1cccc(C(F)(F)F)c1. The Kier molecular flexibility index (Phi) is 4.67. The molecular formula is C18H18F3NOS. The highest BCUT2D eigenvalue weighted by Gasteiger charge is 2.31. The fourth-order valence-corrected chi connectivity index (χ4v) is 4.15. The number of carbonyl (C=O) groups excluding carboxylic acids is 1. The van der Waals surface area contributed by atoms with Crippen molar-refractivity contribution in [2.75, 3.05) is 0 Å². The minimum Gasteiger partial charge on any atom is -0.345 e. The molecule has 1 aliphatic rings. The number of hydrogen-bond donors (Lipinski definition) is 1. The third kappa shape index (κ3) is 3.48. The Bertz CT molecular complexity index is 751. The number of benzene rings is 1. The van der Waals surface area contributed by atoms with Crippen molar-refractivity contribution in [1.82, 2.24) is 5.32 Å². The van der Waals surface area contributed by atoms with Crippen molar-refractivity contribution >= 4 is 17.2 Å². The van der Waals surface area contributed by atoms with Crippen LogP contribution in [-0.2, 0) is 19.0 Å². The first-order valence-electron chi connectivity index (χ1n) is 7.93. The molecule has 0 fully saturated rings. The highest BCUT2D eigenvalue weighted by molar-refractivity contribution is 7.10. The van der Waals surface area contributed by atoms with Gasteiger partial charge in [-0.05, 0) is 55.9 Å². The zero-order valence-corrected chi connectivity index (χ0v) is 14.1. The summed E-state index contributed by atoms with van der Waals surface area (Å²) >= 11 is 1.60. The zero-order valence-electron chi connectivity index (χ0n) is 13.2. The molecule has 0 saturated heterocycles. The van der Waals surface area contributed by atoms with Crippen LogP contribution >= 0.6 is 11.3 Å². The van der Waals surface area contributed by atoms with Gasteiger partial charge < -0.3 is 5.32 Å². The minimum absolute atomic E-state index is 0.209. The molecule has 0 spiro atoms. The van der Waals surface area contributed by atoms with Crippen LogP contribution in [0, 0.1) is 0 Å². The van der Waals surface area contributed by atoms with Crippen molar-refractivity contribution in [2.24, 2.45) is 0 Å². The molecule has 2 aromatic rings. The first-order chi connectivity index (χ1) is 11.4. The fraction of sp³-hybridized carbons (Fsp3) is 0.389. The molecule has 2 nitrogen and oxygen atoms in total. The molecule has 1 heterocycles. The third-order valence-electron chi connectivity index (χ3n) is 4.37. The van der Waals surface area contributed by atoms with E-state index in [2.05, 4.69) is 5.32 Å². The minimum atomic E-state index is -4.38. The second-order valence-corrected chi connectivity index (χ2v) is 7.04. The summed E-state index contributed by atoms with van der Waals surface area (Å²) in [6.07, 6.45) is -0.245. The van der Waals surface area contributed by atoms with Crippen molar-refractivity contribution in [3.05, 3.63) is 56.8 Å². The lowest BCUT2D eigenvalue weighted by molar-refractivity contribution is -0.137. The van der Waals surface area contributed by atoms with E-state index in [1.165, 1.54) is 10.9 Å². The molecule has 1 unspecified atom stereocenters. The van der Waals surface area contributed by atoms with Crippen molar-refractivity contribution < 1.29 is 18.0 Å². The Hall–Kier alpha value is -1.82. The number of amides is 1. The molecular weight excluding hydrogens is 335 g/mol. The average Bonchev–Trinajstić information content (AvgIpc) is 2.98. The van der Waals surface area contributed by atoms with E-state index >= 15 is 0 Å². The normalized spacial score (nSPS) is 15.7. The number of rotatable bonds is 3. The van der Waals surface area contributed by atoms with Crippen LogP contribution in [0.5, 0.6) is 0 Å². The van der Waals surface area contributed by atoms with Crippen LogP contribution in [0.2, 0.25) is 0 Å². The van der Waals surface area contributed by atoms with Gasteiger partial charge in [-0.2, -0.15) is 13.2 Å². The van der Waals surface area contributed by atoms with Crippen molar-refractivity contribution in [3.8, 4) is 0 Å². The number of halogens is 3. The lowest BCUT2D eigenvalue weighted by Gasteiger charge is -2.17. The second kappa shape index (κ2) is 6.59. The largest absolute Gasteiger partial charge is 0.416 e. The lowest BCUT2D eigenvalue weighted by atomic mass is 9.95. The topological polar surface area (TPSA) is 29.1 Å². The number of aryl methyl sites for hydroxylation is 1. The fourth-order valence-electron chi connectivity index (χ4n) is 3.03.